The molecule has 1 aromatic heterocycles. The molecule has 0 aliphatic carbocycles. The maximum absolute atomic E-state index is 12.6. The maximum atomic E-state index is 12.6. The predicted molar refractivity (Wildman–Crippen MR) is 83.4 cm³/mol. The highest BCUT2D eigenvalue weighted by atomic mass is 16.2. The molecule has 1 aromatic carbocycles. The highest BCUT2D eigenvalue weighted by molar-refractivity contribution is 6.01. The maximum Gasteiger partial charge on any atom is 0.254 e. The number of aromatic nitrogens is 1. The van der Waals surface area contributed by atoms with Gasteiger partial charge in [-0.15, -0.1) is 0 Å². The minimum absolute atomic E-state index is 0.0898. The Morgan fingerprint density at radius 2 is 1.82 bits per heavy atom. The summed E-state index contributed by atoms with van der Waals surface area (Å²) in [5.74, 6) is -0.235. The van der Waals surface area contributed by atoms with Gasteiger partial charge in [0.2, 0.25) is 5.91 Å². The molecular formula is C17H17N3O2. The summed E-state index contributed by atoms with van der Waals surface area (Å²) in [5, 5.41) is 2.85. The molecule has 0 radical (unpaired) electrons. The fourth-order valence-electron chi connectivity index (χ4n) is 2.69. The van der Waals surface area contributed by atoms with Crippen LogP contribution in [-0.2, 0) is 4.79 Å². The molecule has 1 N–H and O–H groups in total. The number of nitrogens with zero attached hydrogens (tertiary/aromatic N) is 2. The van der Waals surface area contributed by atoms with Gasteiger partial charge in [0.05, 0.1) is 0 Å². The lowest BCUT2D eigenvalue weighted by molar-refractivity contribution is -0.119. The van der Waals surface area contributed by atoms with Crippen LogP contribution in [0.1, 0.15) is 23.2 Å². The van der Waals surface area contributed by atoms with Crippen LogP contribution < -0.4 is 5.32 Å². The van der Waals surface area contributed by atoms with E-state index in [1.165, 1.54) is 0 Å². The van der Waals surface area contributed by atoms with E-state index in [4.69, 9.17) is 0 Å². The van der Waals surface area contributed by atoms with Crippen molar-refractivity contribution >= 4 is 17.5 Å². The van der Waals surface area contributed by atoms with Crippen LogP contribution in [0.4, 0.5) is 5.69 Å². The van der Waals surface area contributed by atoms with E-state index in [1.54, 1.807) is 41.6 Å². The minimum atomic E-state index is -0.416. The first-order chi connectivity index (χ1) is 10.8. The Morgan fingerprint density at radius 3 is 2.55 bits per heavy atom. The Balaban J connectivity index is 1.73. The third kappa shape index (κ3) is 2.98. The molecule has 5 heteroatoms. The third-order valence-electron chi connectivity index (χ3n) is 3.78. The van der Waals surface area contributed by atoms with E-state index < -0.39 is 6.04 Å². The molecule has 0 spiro atoms. The molecule has 3 rings (SSSR count). The number of pyridine rings is 1. The van der Waals surface area contributed by atoms with E-state index >= 15 is 0 Å². The minimum Gasteiger partial charge on any atom is -0.327 e. The zero-order valence-corrected chi connectivity index (χ0v) is 12.1. The zero-order valence-electron chi connectivity index (χ0n) is 12.1. The first-order valence-electron chi connectivity index (χ1n) is 7.32. The number of nitrogens with one attached hydrogen (secondary N) is 1. The molecule has 1 aliphatic rings. The van der Waals surface area contributed by atoms with Crippen LogP contribution in [0.3, 0.4) is 0 Å². The number of hydrogen-bond donors (Lipinski definition) is 1. The van der Waals surface area contributed by atoms with Crippen molar-refractivity contribution in [2.45, 2.75) is 18.9 Å². The highest BCUT2D eigenvalue weighted by Crippen LogP contribution is 2.21. The van der Waals surface area contributed by atoms with E-state index in [-0.39, 0.29) is 11.8 Å². The van der Waals surface area contributed by atoms with Gasteiger partial charge in [0.25, 0.3) is 5.91 Å². The number of amides is 2. The summed E-state index contributed by atoms with van der Waals surface area (Å²) < 4.78 is 0. The lowest BCUT2D eigenvalue weighted by Gasteiger charge is -2.24. The summed E-state index contributed by atoms with van der Waals surface area (Å²) in [5.41, 5.74) is 1.31. The summed E-state index contributed by atoms with van der Waals surface area (Å²) in [4.78, 5) is 30.6. The highest BCUT2D eigenvalue weighted by Gasteiger charge is 2.34. The largest absolute Gasteiger partial charge is 0.327 e. The van der Waals surface area contributed by atoms with Gasteiger partial charge in [-0.05, 0) is 37.1 Å². The second-order valence-corrected chi connectivity index (χ2v) is 5.25. The van der Waals surface area contributed by atoms with Crippen LogP contribution in [0.5, 0.6) is 0 Å². The van der Waals surface area contributed by atoms with Crippen LogP contribution in [0.15, 0.2) is 54.9 Å². The van der Waals surface area contributed by atoms with Gasteiger partial charge in [0.1, 0.15) is 6.04 Å². The molecule has 0 bridgehead atoms. The standard InChI is InChI=1S/C17H17N3O2/c21-16(19-14-8-10-18-11-9-14)15-7-4-12-20(15)17(22)13-5-2-1-3-6-13/h1-3,5-6,8-11,15H,4,7,12H2,(H,18,19,21). The molecule has 1 saturated heterocycles. The van der Waals surface area contributed by atoms with Crippen LogP contribution in [-0.4, -0.2) is 34.3 Å². The monoisotopic (exact) mass is 295 g/mol. The molecule has 0 saturated carbocycles. The van der Waals surface area contributed by atoms with Crippen LogP contribution in [0, 0.1) is 0 Å². The average Bonchev–Trinajstić information content (AvgIpc) is 3.05. The van der Waals surface area contributed by atoms with Gasteiger partial charge in [0.15, 0.2) is 0 Å². The van der Waals surface area contributed by atoms with Crippen LogP contribution in [0.2, 0.25) is 0 Å². The van der Waals surface area contributed by atoms with Crippen molar-refractivity contribution < 1.29 is 9.59 Å². The van der Waals surface area contributed by atoms with Crippen molar-refractivity contribution in [3.8, 4) is 0 Å². The molecule has 112 valence electrons. The average molecular weight is 295 g/mol. The number of carbonyl (C=O) groups is 2. The lowest BCUT2D eigenvalue weighted by Crippen LogP contribution is -2.43. The molecule has 1 unspecified atom stereocenters. The van der Waals surface area contributed by atoms with E-state index in [0.717, 1.165) is 6.42 Å². The van der Waals surface area contributed by atoms with E-state index in [9.17, 15) is 9.59 Å². The Morgan fingerprint density at radius 1 is 1.09 bits per heavy atom. The van der Waals surface area contributed by atoms with Crippen molar-refractivity contribution in [2.75, 3.05) is 11.9 Å². The van der Waals surface area contributed by atoms with Gasteiger partial charge in [-0.3, -0.25) is 14.6 Å². The Bertz CT molecular complexity index is 658. The second-order valence-electron chi connectivity index (χ2n) is 5.25. The summed E-state index contributed by atoms with van der Waals surface area (Å²) in [6, 6.07) is 12.1. The molecular weight excluding hydrogens is 278 g/mol. The van der Waals surface area contributed by atoms with E-state index in [0.29, 0.717) is 24.2 Å². The second kappa shape index (κ2) is 6.39. The molecule has 2 amide bonds. The van der Waals surface area contributed by atoms with Gasteiger partial charge in [-0.25, -0.2) is 0 Å². The topological polar surface area (TPSA) is 62.3 Å². The van der Waals surface area contributed by atoms with Crippen molar-refractivity contribution in [3.05, 3.63) is 60.4 Å². The smallest absolute Gasteiger partial charge is 0.254 e. The Kier molecular flexibility index (Phi) is 4.14. The molecule has 2 heterocycles. The molecule has 1 fully saturated rings. The van der Waals surface area contributed by atoms with Gasteiger partial charge in [-0.2, -0.15) is 0 Å². The summed E-state index contributed by atoms with van der Waals surface area (Å²) >= 11 is 0. The van der Waals surface area contributed by atoms with Crippen molar-refractivity contribution in [3.63, 3.8) is 0 Å². The molecule has 1 atom stereocenters. The summed E-state index contributed by atoms with van der Waals surface area (Å²) in [6.45, 7) is 0.613. The lowest BCUT2D eigenvalue weighted by atomic mass is 10.1. The van der Waals surface area contributed by atoms with Gasteiger partial charge >= 0.3 is 0 Å². The quantitative estimate of drug-likeness (QED) is 0.945. The molecule has 22 heavy (non-hydrogen) atoms. The Hall–Kier alpha value is -2.69. The molecule has 2 aromatic rings. The fourth-order valence-corrected chi connectivity index (χ4v) is 2.69. The van der Waals surface area contributed by atoms with E-state index in [1.807, 2.05) is 18.2 Å². The first kappa shape index (κ1) is 14.3. The SMILES string of the molecule is O=C(Nc1ccncc1)C1CCCN1C(=O)c1ccccc1. The van der Waals surface area contributed by atoms with E-state index in [2.05, 4.69) is 10.3 Å². The summed E-state index contributed by atoms with van der Waals surface area (Å²) in [7, 11) is 0. The number of rotatable bonds is 3. The first-order valence-corrected chi connectivity index (χ1v) is 7.32. The van der Waals surface area contributed by atoms with Gasteiger partial charge in [0, 0.05) is 30.2 Å². The van der Waals surface area contributed by atoms with Crippen LogP contribution >= 0.6 is 0 Å². The third-order valence-corrected chi connectivity index (χ3v) is 3.78. The zero-order chi connectivity index (χ0) is 15.4. The van der Waals surface area contributed by atoms with Crippen molar-refractivity contribution in [1.82, 2.24) is 9.88 Å². The number of benzene rings is 1. The van der Waals surface area contributed by atoms with Gasteiger partial charge in [-0.1, -0.05) is 18.2 Å². The number of likely N-dealkylation sites (tertiary alicyclic amines) is 1. The number of anilines is 1. The fraction of sp³-hybridized carbons (Fsp3) is 0.235. The van der Waals surface area contributed by atoms with Gasteiger partial charge < -0.3 is 10.2 Å². The number of carbonyl (C=O) groups excluding carboxylic acids is 2. The molecule has 5 nitrogen and oxygen atoms in total. The van der Waals surface area contributed by atoms with Crippen molar-refractivity contribution in [1.29, 1.82) is 0 Å². The Labute approximate surface area is 129 Å². The normalized spacial score (nSPS) is 17.3. The van der Waals surface area contributed by atoms with Crippen molar-refractivity contribution in [2.24, 2.45) is 0 Å². The summed E-state index contributed by atoms with van der Waals surface area (Å²) in [6.07, 6.45) is 4.77. The molecule has 1 aliphatic heterocycles. The number of hydrogen-bond acceptors (Lipinski definition) is 3. The predicted octanol–water partition coefficient (Wildman–Crippen LogP) is 2.32. The van der Waals surface area contributed by atoms with Crippen LogP contribution in [0.25, 0.3) is 0 Å².